The Morgan fingerprint density at radius 1 is 1.21 bits per heavy atom. The molecule has 0 atom stereocenters. The normalized spacial score (nSPS) is 10.5. The van der Waals surface area contributed by atoms with Crippen LogP contribution in [0.2, 0.25) is 0 Å². The van der Waals surface area contributed by atoms with Gasteiger partial charge in [0.1, 0.15) is 6.26 Å². The van der Waals surface area contributed by atoms with Gasteiger partial charge in [-0.05, 0) is 37.1 Å². The lowest BCUT2D eigenvalue weighted by Gasteiger charge is -2.04. The van der Waals surface area contributed by atoms with E-state index in [1.54, 1.807) is 12.5 Å². The Kier molecular flexibility index (Phi) is 2.42. The molecule has 0 bridgehead atoms. The number of nitrogens with zero attached hydrogens (tertiary/aromatic N) is 1. The molecule has 1 aromatic heterocycles. The van der Waals surface area contributed by atoms with Crippen molar-refractivity contribution in [3.8, 4) is 11.5 Å². The first-order chi connectivity index (χ1) is 6.68. The summed E-state index contributed by atoms with van der Waals surface area (Å²) in [4.78, 5) is 4.12. The highest BCUT2D eigenvalue weighted by Crippen LogP contribution is 2.27. The summed E-state index contributed by atoms with van der Waals surface area (Å²) in [5.41, 5.74) is 3.41. The lowest BCUT2D eigenvalue weighted by molar-refractivity contribution is 0.574. The lowest BCUT2D eigenvalue weighted by Crippen LogP contribution is -1.85. The summed E-state index contributed by atoms with van der Waals surface area (Å²) in [5, 5.41) is 0. The third-order valence-corrected chi connectivity index (χ3v) is 3.37. The molecule has 0 N–H and O–H groups in total. The van der Waals surface area contributed by atoms with Crippen LogP contribution in [-0.2, 0) is 0 Å². The monoisotopic (exact) mass is 251 g/mol. The summed E-state index contributed by atoms with van der Waals surface area (Å²) in [5.74, 6) is 0.670. The van der Waals surface area contributed by atoms with Crippen LogP contribution < -0.4 is 0 Å². The molecule has 2 rings (SSSR count). The summed E-state index contributed by atoms with van der Waals surface area (Å²) in [6.45, 7) is 4.12. The lowest BCUT2D eigenvalue weighted by atomic mass is 10.1. The van der Waals surface area contributed by atoms with Crippen molar-refractivity contribution in [3.05, 3.63) is 40.2 Å². The molecule has 1 aromatic carbocycles. The Balaban J connectivity index is 2.57. The maximum Gasteiger partial charge on any atom is 0.225 e. The van der Waals surface area contributed by atoms with Crippen molar-refractivity contribution in [2.45, 2.75) is 13.8 Å². The van der Waals surface area contributed by atoms with Gasteiger partial charge >= 0.3 is 0 Å². The molecule has 1 heterocycles. The van der Waals surface area contributed by atoms with Gasteiger partial charge in [0.2, 0.25) is 5.89 Å². The van der Waals surface area contributed by atoms with Crippen LogP contribution in [0.1, 0.15) is 11.1 Å². The molecule has 0 aliphatic rings. The molecule has 0 spiro atoms. The highest BCUT2D eigenvalue weighted by Gasteiger charge is 2.06. The average Bonchev–Trinajstić information content (AvgIpc) is 2.66. The minimum atomic E-state index is 0.670. The Bertz CT molecular complexity index is 425. The summed E-state index contributed by atoms with van der Waals surface area (Å²) in [7, 11) is 0. The topological polar surface area (TPSA) is 26.0 Å². The van der Waals surface area contributed by atoms with Gasteiger partial charge in [0, 0.05) is 10.0 Å². The molecule has 0 radical (unpaired) electrons. The molecule has 0 aliphatic carbocycles. The van der Waals surface area contributed by atoms with Crippen LogP contribution in [0.25, 0.3) is 11.5 Å². The van der Waals surface area contributed by atoms with E-state index in [1.165, 1.54) is 11.1 Å². The molecule has 14 heavy (non-hydrogen) atoms. The third kappa shape index (κ3) is 1.60. The molecule has 0 aliphatic heterocycles. The zero-order valence-electron chi connectivity index (χ0n) is 8.04. The second-order valence-corrected chi connectivity index (χ2v) is 4.05. The van der Waals surface area contributed by atoms with E-state index in [2.05, 4.69) is 46.9 Å². The maximum absolute atomic E-state index is 5.24. The van der Waals surface area contributed by atoms with Crippen LogP contribution in [0.15, 0.2) is 33.5 Å². The molecule has 72 valence electrons. The quantitative estimate of drug-likeness (QED) is 0.773. The summed E-state index contributed by atoms with van der Waals surface area (Å²) in [6.07, 6.45) is 3.24. The molecule has 2 nitrogen and oxygen atoms in total. The highest BCUT2D eigenvalue weighted by molar-refractivity contribution is 9.10. The van der Waals surface area contributed by atoms with Crippen LogP contribution in [0.4, 0.5) is 0 Å². The summed E-state index contributed by atoms with van der Waals surface area (Å²) in [6, 6.07) is 4.12. The minimum Gasteiger partial charge on any atom is -0.445 e. The van der Waals surface area contributed by atoms with Gasteiger partial charge in [-0.2, -0.15) is 0 Å². The van der Waals surface area contributed by atoms with E-state index >= 15 is 0 Å². The van der Waals surface area contributed by atoms with Gasteiger partial charge < -0.3 is 4.42 Å². The van der Waals surface area contributed by atoms with Gasteiger partial charge in [0.25, 0.3) is 0 Å². The first-order valence-electron chi connectivity index (χ1n) is 4.35. The van der Waals surface area contributed by atoms with E-state index in [4.69, 9.17) is 4.42 Å². The van der Waals surface area contributed by atoms with Gasteiger partial charge in [0.05, 0.1) is 6.20 Å². The van der Waals surface area contributed by atoms with Crippen molar-refractivity contribution in [1.29, 1.82) is 0 Å². The van der Waals surface area contributed by atoms with E-state index < -0.39 is 0 Å². The van der Waals surface area contributed by atoms with Crippen molar-refractivity contribution in [3.63, 3.8) is 0 Å². The fourth-order valence-electron chi connectivity index (χ4n) is 1.44. The maximum atomic E-state index is 5.24. The molecule has 0 saturated carbocycles. The van der Waals surface area contributed by atoms with Crippen LogP contribution in [0.3, 0.4) is 0 Å². The number of halogens is 1. The fraction of sp³-hybridized carbons (Fsp3) is 0.182. The number of rotatable bonds is 1. The second-order valence-electron chi connectivity index (χ2n) is 3.26. The number of oxazole rings is 1. The molecular weight excluding hydrogens is 242 g/mol. The predicted octanol–water partition coefficient (Wildman–Crippen LogP) is 3.72. The van der Waals surface area contributed by atoms with Gasteiger partial charge in [-0.15, -0.1) is 0 Å². The van der Waals surface area contributed by atoms with Gasteiger partial charge in [-0.25, -0.2) is 4.98 Å². The van der Waals surface area contributed by atoms with Crippen molar-refractivity contribution >= 4 is 15.9 Å². The molecule has 0 amide bonds. The smallest absolute Gasteiger partial charge is 0.225 e. The minimum absolute atomic E-state index is 0.670. The Morgan fingerprint density at radius 3 is 2.36 bits per heavy atom. The van der Waals surface area contributed by atoms with Crippen LogP contribution >= 0.6 is 15.9 Å². The number of aromatic nitrogens is 1. The van der Waals surface area contributed by atoms with E-state index in [-0.39, 0.29) is 0 Å². The Labute approximate surface area is 91.1 Å². The van der Waals surface area contributed by atoms with Gasteiger partial charge in [0.15, 0.2) is 0 Å². The predicted molar refractivity (Wildman–Crippen MR) is 59.1 cm³/mol. The van der Waals surface area contributed by atoms with E-state index in [9.17, 15) is 0 Å². The van der Waals surface area contributed by atoms with Crippen LogP contribution in [0.5, 0.6) is 0 Å². The summed E-state index contributed by atoms with van der Waals surface area (Å²) < 4.78 is 6.39. The van der Waals surface area contributed by atoms with Crippen molar-refractivity contribution in [2.24, 2.45) is 0 Å². The molecule has 2 aromatic rings. The second kappa shape index (κ2) is 3.58. The van der Waals surface area contributed by atoms with Gasteiger partial charge in [-0.3, -0.25) is 0 Å². The largest absolute Gasteiger partial charge is 0.445 e. The molecule has 0 saturated heterocycles. The Morgan fingerprint density at radius 2 is 1.86 bits per heavy atom. The number of hydrogen-bond acceptors (Lipinski definition) is 2. The zero-order valence-corrected chi connectivity index (χ0v) is 9.63. The number of aryl methyl sites for hydroxylation is 2. The fourth-order valence-corrected chi connectivity index (χ4v) is 1.66. The SMILES string of the molecule is Cc1cc(-c2ncco2)cc(C)c1Br. The molecule has 3 heteroatoms. The van der Waals surface area contributed by atoms with E-state index in [0.717, 1.165) is 10.0 Å². The number of hydrogen-bond donors (Lipinski definition) is 0. The molecular formula is C11H10BrNO. The Hall–Kier alpha value is -1.09. The van der Waals surface area contributed by atoms with Crippen molar-refractivity contribution in [1.82, 2.24) is 4.98 Å². The molecule has 0 fully saturated rings. The first kappa shape index (κ1) is 9.46. The first-order valence-corrected chi connectivity index (χ1v) is 5.14. The highest BCUT2D eigenvalue weighted by atomic mass is 79.9. The number of benzene rings is 1. The van der Waals surface area contributed by atoms with E-state index in [0.29, 0.717) is 5.89 Å². The van der Waals surface area contributed by atoms with Crippen LogP contribution in [0, 0.1) is 13.8 Å². The molecule has 0 unspecified atom stereocenters. The van der Waals surface area contributed by atoms with Gasteiger partial charge in [-0.1, -0.05) is 15.9 Å². The standard InChI is InChI=1S/C11H10BrNO/c1-7-5-9(6-8(2)10(7)12)11-13-3-4-14-11/h3-6H,1-2H3. The van der Waals surface area contributed by atoms with Crippen molar-refractivity contribution in [2.75, 3.05) is 0 Å². The third-order valence-electron chi connectivity index (χ3n) is 2.12. The van der Waals surface area contributed by atoms with Crippen molar-refractivity contribution < 1.29 is 4.42 Å². The zero-order chi connectivity index (χ0) is 10.1. The van der Waals surface area contributed by atoms with E-state index in [1.807, 2.05) is 0 Å². The summed E-state index contributed by atoms with van der Waals surface area (Å²) >= 11 is 3.53. The average molecular weight is 252 g/mol. The van der Waals surface area contributed by atoms with Crippen LogP contribution in [-0.4, -0.2) is 4.98 Å².